The molecule has 0 radical (unpaired) electrons. The number of rotatable bonds is 2. The molecule has 1 saturated carbocycles. The van der Waals surface area contributed by atoms with Gasteiger partial charge in [-0.25, -0.2) is 4.79 Å². The minimum Gasteiger partial charge on any atom is -0.465 e. The van der Waals surface area contributed by atoms with E-state index in [9.17, 15) is 4.79 Å². The molecule has 5 nitrogen and oxygen atoms in total. The largest absolute Gasteiger partial charge is 0.465 e. The Balaban J connectivity index is 2.07. The minimum atomic E-state index is -1.13. The fourth-order valence-electron chi connectivity index (χ4n) is 1.02. The molecule has 1 fully saturated rings. The zero-order valence-corrected chi connectivity index (χ0v) is 6.28. The lowest BCUT2D eigenvalue weighted by atomic mass is 10.3. The van der Waals surface area contributed by atoms with Gasteiger partial charge in [-0.2, -0.15) is 0 Å². The summed E-state index contributed by atoms with van der Waals surface area (Å²) in [5, 5.41) is 14.2. The van der Waals surface area contributed by atoms with Gasteiger partial charge in [0.1, 0.15) is 0 Å². The van der Waals surface area contributed by atoms with Crippen LogP contribution in [-0.2, 0) is 0 Å². The van der Waals surface area contributed by atoms with Crippen LogP contribution in [0.4, 0.5) is 10.7 Å². The van der Waals surface area contributed by atoms with E-state index in [1.54, 1.807) is 6.07 Å². The molecule has 1 aliphatic carbocycles. The van der Waals surface area contributed by atoms with E-state index in [0.29, 0.717) is 5.92 Å². The Morgan fingerprint density at radius 3 is 3.08 bits per heavy atom. The Bertz CT molecular complexity index is 303. The van der Waals surface area contributed by atoms with Crippen molar-refractivity contribution in [2.45, 2.75) is 18.8 Å². The molecular weight excluding hydrogens is 160 g/mol. The highest BCUT2D eigenvalue weighted by Crippen LogP contribution is 2.39. The molecule has 1 heterocycles. The van der Waals surface area contributed by atoms with Crippen molar-refractivity contribution in [3.63, 3.8) is 0 Å². The first-order valence-corrected chi connectivity index (χ1v) is 3.72. The van der Waals surface area contributed by atoms with E-state index >= 15 is 0 Å². The molecule has 2 N–H and O–H groups in total. The Morgan fingerprint density at radius 1 is 1.75 bits per heavy atom. The lowest BCUT2D eigenvalue weighted by molar-refractivity contribution is 0.208. The van der Waals surface area contributed by atoms with Crippen LogP contribution in [0.2, 0.25) is 0 Å². The normalized spacial score (nSPS) is 16.0. The second kappa shape index (κ2) is 2.51. The van der Waals surface area contributed by atoms with Gasteiger partial charge in [-0.3, -0.25) is 5.32 Å². The maximum absolute atomic E-state index is 10.2. The predicted molar refractivity (Wildman–Crippen MR) is 40.1 cm³/mol. The zero-order chi connectivity index (χ0) is 8.55. The molecule has 0 bridgehead atoms. The predicted octanol–water partition coefficient (Wildman–Crippen LogP) is 1.64. The van der Waals surface area contributed by atoms with E-state index in [0.717, 1.165) is 18.5 Å². The maximum Gasteiger partial charge on any atom is 0.411 e. The van der Waals surface area contributed by atoms with Crippen LogP contribution in [-0.4, -0.2) is 16.4 Å². The van der Waals surface area contributed by atoms with E-state index in [1.165, 1.54) is 0 Å². The molecule has 0 unspecified atom stereocenters. The van der Waals surface area contributed by atoms with E-state index in [1.807, 2.05) is 0 Å². The third-order valence-corrected chi connectivity index (χ3v) is 1.75. The SMILES string of the molecule is O=C(O)Nc1cc(C2CC2)no1. The van der Waals surface area contributed by atoms with Gasteiger partial charge < -0.3 is 9.63 Å². The lowest BCUT2D eigenvalue weighted by Gasteiger charge is -1.88. The van der Waals surface area contributed by atoms with Crippen molar-refractivity contribution in [2.24, 2.45) is 0 Å². The first-order valence-electron chi connectivity index (χ1n) is 3.72. The number of carbonyl (C=O) groups is 1. The summed E-state index contributed by atoms with van der Waals surface area (Å²) in [5.41, 5.74) is 0.846. The number of amides is 1. The number of anilines is 1. The first kappa shape index (κ1) is 7.15. The molecule has 5 heteroatoms. The van der Waals surface area contributed by atoms with Crippen molar-refractivity contribution < 1.29 is 14.4 Å². The summed E-state index contributed by atoms with van der Waals surface area (Å²) in [7, 11) is 0. The van der Waals surface area contributed by atoms with Crippen molar-refractivity contribution >= 4 is 12.0 Å². The zero-order valence-electron chi connectivity index (χ0n) is 6.28. The maximum atomic E-state index is 10.2. The molecule has 12 heavy (non-hydrogen) atoms. The summed E-state index contributed by atoms with van der Waals surface area (Å²) in [4.78, 5) is 10.2. The van der Waals surface area contributed by atoms with Crippen molar-refractivity contribution in [1.82, 2.24) is 5.16 Å². The molecule has 1 aliphatic rings. The van der Waals surface area contributed by atoms with Gasteiger partial charge in [0.2, 0.25) is 5.88 Å². The molecule has 0 atom stereocenters. The summed E-state index contributed by atoms with van der Waals surface area (Å²) < 4.78 is 4.73. The van der Waals surface area contributed by atoms with Crippen molar-refractivity contribution in [1.29, 1.82) is 0 Å². The average Bonchev–Trinajstić information content (AvgIpc) is 2.73. The minimum absolute atomic E-state index is 0.199. The molecule has 0 spiro atoms. The molecule has 0 saturated heterocycles. The van der Waals surface area contributed by atoms with Crippen LogP contribution in [0.3, 0.4) is 0 Å². The fourth-order valence-corrected chi connectivity index (χ4v) is 1.02. The van der Waals surface area contributed by atoms with Gasteiger partial charge in [0.05, 0.1) is 5.69 Å². The summed E-state index contributed by atoms with van der Waals surface area (Å²) in [5.74, 6) is 0.683. The third-order valence-electron chi connectivity index (χ3n) is 1.75. The summed E-state index contributed by atoms with van der Waals surface area (Å²) in [6, 6.07) is 1.63. The second-order valence-corrected chi connectivity index (χ2v) is 2.82. The molecule has 0 aromatic carbocycles. The van der Waals surface area contributed by atoms with Crippen LogP contribution >= 0.6 is 0 Å². The fraction of sp³-hybridized carbons (Fsp3) is 0.429. The molecule has 0 aliphatic heterocycles. The molecule has 2 rings (SSSR count). The highest BCUT2D eigenvalue weighted by atomic mass is 16.5. The number of carboxylic acid groups (broad SMARTS) is 1. The number of hydrogen-bond acceptors (Lipinski definition) is 3. The molecule has 64 valence electrons. The van der Waals surface area contributed by atoms with E-state index in [-0.39, 0.29) is 5.88 Å². The Kier molecular flexibility index (Phi) is 1.49. The van der Waals surface area contributed by atoms with Gasteiger partial charge in [0.25, 0.3) is 0 Å². The Morgan fingerprint density at radius 2 is 2.50 bits per heavy atom. The Hall–Kier alpha value is -1.52. The van der Waals surface area contributed by atoms with Gasteiger partial charge in [0.15, 0.2) is 0 Å². The van der Waals surface area contributed by atoms with Crippen molar-refractivity contribution in [2.75, 3.05) is 5.32 Å². The molecule has 1 aromatic heterocycles. The van der Waals surface area contributed by atoms with Crippen molar-refractivity contribution in [3.8, 4) is 0 Å². The Labute approximate surface area is 68.4 Å². The number of aromatic nitrogens is 1. The van der Waals surface area contributed by atoms with Crippen LogP contribution in [0.5, 0.6) is 0 Å². The second-order valence-electron chi connectivity index (χ2n) is 2.82. The summed E-state index contributed by atoms with van der Waals surface area (Å²) in [6.45, 7) is 0. The van der Waals surface area contributed by atoms with Gasteiger partial charge in [-0.15, -0.1) is 0 Å². The number of hydrogen-bond donors (Lipinski definition) is 2. The number of nitrogens with zero attached hydrogens (tertiary/aromatic N) is 1. The standard InChI is InChI=1S/C7H8N2O3/c10-7(11)8-6-3-5(9-12-6)4-1-2-4/h3-4,8H,1-2H2,(H,10,11). The molecule has 1 aromatic rings. The third kappa shape index (κ3) is 1.39. The van der Waals surface area contributed by atoms with Gasteiger partial charge in [0, 0.05) is 12.0 Å². The van der Waals surface area contributed by atoms with Crippen molar-refractivity contribution in [3.05, 3.63) is 11.8 Å². The lowest BCUT2D eigenvalue weighted by Crippen LogP contribution is -2.05. The van der Waals surface area contributed by atoms with E-state index in [4.69, 9.17) is 9.63 Å². The van der Waals surface area contributed by atoms with Gasteiger partial charge in [-0.05, 0) is 12.8 Å². The van der Waals surface area contributed by atoms with E-state index in [2.05, 4.69) is 10.5 Å². The smallest absolute Gasteiger partial charge is 0.411 e. The van der Waals surface area contributed by atoms with Gasteiger partial charge in [-0.1, -0.05) is 5.16 Å². The average molecular weight is 168 g/mol. The van der Waals surface area contributed by atoms with Gasteiger partial charge >= 0.3 is 6.09 Å². The quantitative estimate of drug-likeness (QED) is 0.703. The van der Waals surface area contributed by atoms with Crippen LogP contribution < -0.4 is 5.32 Å². The van der Waals surface area contributed by atoms with Crippen LogP contribution in [0, 0.1) is 0 Å². The first-order chi connectivity index (χ1) is 5.75. The summed E-state index contributed by atoms with van der Waals surface area (Å²) in [6.07, 6.45) is 1.12. The number of nitrogens with one attached hydrogen (secondary N) is 1. The van der Waals surface area contributed by atoms with E-state index < -0.39 is 6.09 Å². The molecular formula is C7H8N2O3. The monoisotopic (exact) mass is 168 g/mol. The summed E-state index contributed by atoms with van der Waals surface area (Å²) >= 11 is 0. The highest BCUT2D eigenvalue weighted by molar-refractivity contribution is 5.80. The van der Waals surface area contributed by atoms with Crippen LogP contribution in [0.1, 0.15) is 24.5 Å². The topological polar surface area (TPSA) is 75.4 Å². The highest BCUT2D eigenvalue weighted by Gasteiger charge is 2.27. The molecule has 1 amide bonds. The van der Waals surface area contributed by atoms with Crippen LogP contribution in [0.25, 0.3) is 0 Å². The van der Waals surface area contributed by atoms with Crippen LogP contribution in [0.15, 0.2) is 10.6 Å².